The summed E-state index contributed by atoms with van der Waals surface area (Å²) in [5.41, 5.74) is 1.17. The molecule has 170 valence electrons. The molecule has 1 amide bonds. The number of esters is 1. The van der Waals surface area contributed by atoms with Gasteiger partial charge in [-0.3, -0.25) is 9.59 Å². The van der Waals surface area contributed by atoms with E-state index in [9.17, 15) is 19.1 Å². The van der Waals surface area contributed by atoms with E-state index < -0.39 is 23.5 Å². The van der Waals surface area contributed by atoms with Gasteiger partial charge in [-0.1, -0.05) is 64.5 Å². The Morgan fingerprint density at radius 1 is 1.15 bits per heavy atom. The van der Waals surface area contributed by atoms with Gasteiger partial charge in [-0.2, -0.15) is 0 Å². The first kappa shape index (κ1) is 23.1. The first-order valence-corrected chi connectivity index (χ1v) is 11.4. The molecule has 3 atom stereocenters. The topological polar surface area (TPSA) is 75.6 Å². The van der Waals surface area contributed by atoms with E-state index in [-0.39, 0.29) is 11.7 Å². The molecule has 4 rings (SSSR count). The predicted octanol–water partition coefficient (Wildman–Crippen LogP) is 5.02. The molecule has 0 aliphatic carbocycles. The molecule has 0 radical (unpaired) electrons. The van der Waals surface area contributed by atoms with E-state index >= 15 is 0 Å². The van der Waals surface area contributed by atoms with Gasteiger partial charge in [-0.05, 0) is 48.2 Å². The van der Waals surface area contributed by atoms with Crippen LogP contribution in [0.1, 0.15) is 42.6 Å². The predicted molar refractivity (Wildman–Crippen MR) is 125 cm³/mol. The average Bonchev–Trinajstić information content (AvgIpc) is 2.78. The van der Waals surface area contributed by atoms with Crippen LogP contribution < -0.4 is 10.1 Å². The highest BCUT2D eigenvalue weighted by Gasteiger charge is 2.56. The fraction of sp³-hybridized carbons (Fsp3) is 0.231. The number of aliphatic hydroxyl groups excluding tert-OH is 1. The highest BCUT2D eigenvalue weighted by atomic mass is 79.9. The van der Waals surface area contributed by atoms with Gasteiger partial charge in [-0.25, -0.2) is 4.39 Å². The summed E-state index contributed by atoms with van der Waals surface area (Å²) in [7, 11) is 0. The zero-order valence-corrected chi connectivity index (χ0v) is 19.5. The van der Waals surface area contributed by atoms with Crippen molar-refractivity contribution in [3.05, 3.63) is 99.8 Å². The summed E-state index contributed by atoms with van der Waals surface area (Å²) >= 11 is 3.42. The molecule has 1 saturated heterocycles. The number of halogens is 2. The van der Waals surface area contributed by atoms with Crippen LogP contribution in [0.15, 0.2) is 77.3 Å². The van der Waals surface area contributed by atoms with Gasteiger partial charge in [0.05, 0.1) is 12.0 Å². The number of nitrogens with one attached hydrogen (secondary N) is 1. The quantitative estimate of drug-likeness (QED) is 0.265. The SMILES string of the molecule is CC(=O)Oc1cc(Br)ccc1[C@]1(c2ccccc2)NC(=O)[C@@H]1CC[C@H](O)c1ccc(F)cc1. The van der Waals surface area contributed by atoms with E-state index in [1.165, 1.54) is 19.1 Å². The van der Waals surface area contributed by atoms with Crippen LogP contribution in [0.4, 0.5) is 4.39 Å². The van der Waals surface area contributed by atoms with Gasteiger partial charge in [-0.15, -0.1) is 0 Å². The van der Waals surface area contributed by atoms with Gasteiger partial charge in [0.2, 0.25) is 5.91 Å². The van der Waals surface area contributed by atoms with Gasteiger partial charge in [0.15, 0.2) is 0 Å². The fourth-order valence-electron chi connectivity index (χ4n) is 4.46. The third-order valence-corrected chi connectivity index (χ3v) is 6.49. The molecule has 0 spiro atoms. The maximum atomic E-state index is 13.2. The molecule has 1 aliphatic rings. The number of rotatable bonds is 7. The van der Waals surface area contributed by atoms with E-state index in [0.29, 0.717) is 29.7 Å². The monoisotopic (exact) mass is 511 g/mol. The Bertz CT molecular complexity index is 1170. The smallest absolute Gasteiger partial charge is 0.308 e. The number of benzene rings is 3. The Morgan fingerprint density at radius 3 is 2.48 bits per heavy atom. The number of aliphatic hydroxyl groups is 1. The Labute approximate surface area is 199 Å². The highest BCUT2D eigenvalue weighted by molar-refractivity contribution is 9.10. The maximum Gasteiger partial charge on any atom is 0.308 e. The number of hydrogen-bond acceptors (Lipinski definition) is 4. The summed E-state index contributed by atoms with van der Waals surface area (Å²) < 4.78 is 19.5. The second-order valence-electron chi connectivity index (χ2n) is 8.09. The summed E-state index contributed by atoms with van der Waals surface area (Å²) in [6.07, 6.45) is -0.169. The first-order valence-electron chi connectivity index (χ1n) is 10.6. The Kier molecular flexibility index (Phi) is 6.63. The molecule has 33 heavy (non-hydrogen) atoms. The van der Waals surface area contributed by atoms with E-state index in [1.54, 1.807) is 18.2 Å². The molecule has 0 unspecified atom stereocenters. The van der Waals surface area contributed by atoms with Gasteiger partial charge >= 0.3 is 5.97 Å². The van der Waals surface area contributed by atoms with Crippen molar-refractivity contribution in [2.75, 3.05) is 0 Å². The fourth-order valence-corrected chi connectivity index (χ4v) is 4.80. The van der Waals surface area contributed by atoms with Gasteiger partial charge in [0.25, 0.3) is 0 Å². The van der Waals surface area contributed by atoms with Crippen molar-refractivity contribution in [1.82, 2.24) is 5.32 Å². The van der Waals surface area contributed by atoms with Crippen molar-refractivity contribution in [3.8, 4) is 5.75 Å². The molecule has 0 bridgehead atoms. The van der Waals surface area contributed by atoms with Crippen LogP contribution in [-0.2, 0) is 15.1 Å². The summed E-state index contributed by atoms with van der Waals surface area (Å²) in [6.45, 7) is 1.33. The van der Waals surface area contributed by atoms with Gasteiger partial charge in [0.1, 0.15) is 17.1 Å². The number of amides is 1. The largest absolute Gasteiger partial charge is 0.426 e. The zero-order chi connectivity index (χ0) is 23.6. The van der Waals surface area contributed by atoms with Crippen molar-refractivity contribution in [1.29, 1.82) is 0 Å². The third-order valence-electron chi connectivity index (χ3n) is 5.99. The zero-order valence-electron chi connectivity index (χ0n) is 17.9. The lowest BCUT2D eigenvalue weighted by molar-refractivity contribution is -0.140. The summed E-state index contributed by atoms with van der Waals surface area (Å²) in [4.78, 5) is 24.6. The van der Waals surface area contributed by atoms with Crippen LogP contribution in [0, 0.1) is 11.7 Å². The van der Waals surface area contributed by atoms with E-state index in [2.05, 4.69) is 21.2 Å². The Hall–Kier alpha value is -3.03. The lowest BCUT2D eigenvalue weighted by Crippen LogP contribution is -2.67. The molecule has 1 aliphatic heterocycles. The molecule has 1 fully saturated rings. The minimum Gasteiger partial charge on any atom is -0.426 e. The van der Waals surface area contributed by atoms with Crippen molar-refractivity contribution in [2.24, 2.45) is 5.92 Å². The standard InChI is InChI=1S/C26H23BrFNO4/c1-16(30)33-24-15-19(27)9-12-21(24)26(18-5-3-2-4-6-18)22(25(32)29-26)13-14-23(31)17-7-10-20(28)11-8-17/h2-12,15,22-23,31H,13-14H2,1H3,(H,29,32)/t22-,23-,26-/m0/s1. The van der Waals surface area contributed by atoms with Gasteiger partial charge in [0, 0.05) is 17.0 Å². The van der Waals surface area contributed by atoms with E-state index in [1.807, 2.05) is 42.5 Å². The highest BCUT2D eigenvalue weighted by Crippen LogP contribution is 2.49. The van der Waals surface area contributed by atoms with Crippen molar-refractivity contribution in [3.63, 3.8) is 0 Å². The lowest BCUT2D eigenvalue weighted by Gasteiger charge is -2.51. The summed E-state index contributed by atoms with van der Waals surface area (Å²) in [5, 5.41) is 13.7. The van der Waals surface area contributed by atoms with Crippen molar-refractivity contribution in [2.45, 2.75) is 31.4 Å². The van der Waals surface area contributed by atoms with Crippen LogP contribution in [0.5, 0.6) is 5.75 Å². The maximum absolute atomic E-state index is 13.2. The van der Waals surface area contributed by atoms with Crippen molar-refractivity contribution >= 4 is 27.8 Å². The molecule has 7 heteroatoms. The molecule has 1 heterocycles. The number of ether oxygens (including phenoxy) is 1. The molecular formula is C26H23BrFNO4. The lowest BCUT2D eigenvalue weighted by atomic mass is 9.64. The van der Waals surface area contributed by atoms with Crippen molar-refractivity contribution < 1.29 is 23.8 Å². The number of carbonyl (C=O) groups is 2. The number of carbonyl (C=O) groups excluding carboxylic acids is 2. The minimum absolute atomic E-state index is 0.151. The van der Waals surface area contributed by atoms with Crippen LogP contribution in [0.25, 0.3) is 0 Å². The van der Waals surface area contributed by atoms with Crippen LogP contribution in [-0.4, -0.2) is 17.0 Å². The third kappa shape index (κ3) is 4.56. The number of hydrogen-bond donors (Lipinski definition) is 2. The molecule has 0 saturated carbocycles. The molecule has 0 aromatic heterocycles. The second kappa shape index (κ2) is 9.45. The molecular weight excluding hydrogens is 489 g/mol. The molecule has 2 N–H and O–H groups in total. The summed E-state index contributed by atoms with van der Waals surface area (Å²) in [5.74, 6) is -1.15. The number of β-lactam (4-membered cyclic amide) rings is 1. The van der Waals surface area contributed by atoms with E-state index in [0.717, 1.165) is 10.0 Å². The minimum atomic E-state index is -0.924. The molecule has 3 aromatic rings. The average molecular weight is 512 g/mol. The Balaban J connectivity index is 1.71. The summed E-state index contributed by atoms with van der Waals surface area (Å²) in [6, 6.07) is 20.6. The first-order chi connectivity index (χ1) is 15.8. The van der Waals surface area contributed by atoms with Crippen LogP contribution in [0.2, 0.25) is 0 Å². The normalized spacial score (nSPS) is 20.5. The van der Waals surface area contributed by atoms with Crippen LogP contribution in [0.3, 0.4) is 0 Å². The molecule has 5 nitrogen and oxygen atoms in total. The van der Waals surface area contributed by atoms with Gasteiger partial charge < -0.3 is 15.2 Å². The van der Waals surface area contributed by atoms with Crippen LogP contribution >= 0.6 is 15.9 Å². The Morgan fingerprint density at radius 2 is 1.85 bits per heavy atom. The molecule has 3 aromatic carbocycles. The second-order valence-corrected chi connectivity index (χ2v) is 9.01. The van der Waals surface area contributed by atoms with E-state index in [4.69, 9.17) is 4.74 Å².